The zero-order chi connectivity index (χ0) is 11.4. The first-order valence-electron chi connectivity index (χ1n) is 5.44. The van der Waals surface area contributed by atoms with Crippen LogP contribution in [0.1, 0.15) is 25.6 Å². The molecule has 3 atom stereocenters. The molecule has 2 nitrogen and oxygen atoms in total. The number of rotatable bonds is 5. The zero-order valence-electron chi connectivity index (χ0n) is 9.97. The Kier molecular flexibility index (Phi) is 4.77. The van der Waals surface area contributed by atoms with Crippen molar-refractivity contribution in [2.24, 2.45) is 0 Å². The summed E-state index contributed by atoms with van der Waals surface area (Å²) in [4.78, 5) is 3.65. The van der Waals surface area contributed by atoms with Crippen LogP contribution < -0.4 is 0 Å². The largest absolute Gasteiger partial charge is 0.392 e. The molecule has 15 heavy (non-hydrogen) atoms. The van der Waals surface area contributed by atoms with E-state index in [0.29, 0.717) is 6.04 Å². The zero-order valence-corrected chi connectivity index (χ0v) is 10.8. The summed E-state index contributed by atoms with van der Waals surface area (Å²) in [6.45, 7) is 6.12. The summed E-state index contributed by atoms with van der Waals surface area (Å²) < 4.78 is 0. The average Bonchev–Trinajstić information content (AvgIpc) is 2.67. The molecule has 3 unspecified atom stereocenters. The van der Waals surface area contributed by atoms with E-state index in [0.717, 1.165) is 6.42 Å². The van der Waals surface area contributed by atoms with Gasteiger partial charge in [-0.1, -0.05) is 6.07 Å². The van der Waals surface area contributed by atoms with Crippen LogP contribution in [0.2, 0.25) is 0 Å². The van der Waals surface area contributed by atoms with Crippen molar-refractivity contribution < 1.29 is 5.11 Å². The number of hydrogen-bond acceptors (Lipinski definition) is 3. The summed E-state index contributed by atoms with van der Waals surface area (Å²) in [6.07, 6.45) is 0.784. The average molecular weight is 227 g/mol. The number of thiophene rings is 1. The topological polar surface area (TPSA) is 23.5 Å². The van der Waals surface area contributed by atoms with E-state index in [4.69, 9.17) is 0 Å². The Balaban J connectivity index is 2.49. The minimum Gasteiger partial charge on any atom is -0.392 e. The van der Waals surface area contributed by atoms with Crippen LogP contribution in [0.4, 0.5) is 0 Å². The van der Waals surface area contributed by atoms with Gasteiger partial charge in [-0.25, -0.2) is 0 Å². The molecule has 1 N–H and O–H groups in total. The first kappa shape index (κ1) is 12.7. The minimum absolute atomic E-state index is 0.208. The van der Waals surface area contributed by atoms with Gasteiger partial charge in [-0.05, 0) is 45.7 Å². The van der Waals surface area contributed by atoms with Gasteiger partial charge in [0.2, 0.25) is 0 Å². The molecule has 1 aromatic heterocycles. The van der Waals surface area contributed by atoms with Crippen molar-refractivity contribution in [2.75, 3.05) is 7.05 Å². The predicted octanol–water partition coefficient (Wildman–Crippen LogP) is 2.38. The van der Waals surface area contributed by atoms with Gasteiger partial charge in [-0.15, -0.1) is 11.3 Å². The van der Waals surface area contributed by atoms with Crippen molar-refractivity contribution in [2.45, 2.75) is 45.4 Å². The Morgan fingerprint density at radius 1 is 1.40 bits per heavy atom. The lowest BCUT2D eigenvalue weighted by Gasteiger charge is -2.32. The molecule has 3 heteroatoms. The molecular weight excluding hydrogens is 206 g/mol. The molecule has 0 bridgehead atoms. The van der Waals surface area contributed by atoms with Crippen LogP contribution in [-0.2, 0) is 6.42 Å². The molecule has 1 aromatic rings. The standard InChI is InChI=1S/C12H21NOS/c1-9(8-12-6-5-7-15-12)13(4)10(2)11(3)14/h5-7,9-11,14H,8H2,1-4H3. The summed E-state index contributed by atoms with van der Waals surface area (Å²) >= 11 is 1.80. The smallest absolute Gasteiger partial charge is 0.0664 e. The van der Waals surface area contributed by atoms with Gasteiger partial charge in [0, 0.05) is 17.0 Å². The highest BCUT2D eigenvalue weighted by atomic mass is 32.1. The second-order valence-corrected chi connectivity index (χ2v) is 5.31. The molecule has 0 amide bonds. The van der Waals surface area contributed by atoms with Crippen LogP contribution in [0.5, 0.6) is 0 Å². The normalized spacial score (nSPS) is 17.7. The Morgan fingerprint density at radius 2 is 2.07 bits per heavy atom. The second kappa shape index (κ2) is 5.64. The van der Waals surface area contributed by atoms with Gasteiger partial charge in [0.1, 0.15) is 0 Å². The van der Waals surface area contributed by atoms with Gasteiger partial charge in [0.15, 0.2) is 0 Å². The Hall–Kier alpha value is -0.380. The van der Waals surface area contributed by atoms with Gasteiger partial charge in [-0.2, -0.15) is 0 Å². The van der Waals surface area contributed by atoms with Gasteiger partial charge < -0.3 is 5.11 Å². The third kappa shape index (κ3) is 3.59. The van der Waals surface area contributed by atoms with Gasteiger partial charge in [0.05, 0.1) is 6.10 Å². The lowest BCUT2D eigenvalue weighted by Crippen LogP contribution is -2.43. The fraction of sp³-hybridized carbons (Fsp3) is 0.667. The molecule has 0 spiro atoms. The number of aliphatic hydroxyl groups excluding tert-OH is 1. The van der Waals surface area contributed by atoms with Gasteiger partial charge in [0.25, 0.3) is 0 Å². The van der Waals surface area contributed by atoms with Crippen LogP contribution in [-0.4, -0.2) is 35.2 Å². The van der Waals surface area contributed by atoms with Crippen LogP contribution in [0, 0.1) is 0 Å². The van der Waals surface area contributed by atoms with E-state index in [1.165, 1.54) is 4.88 Å². The molecule has 0 aliphatic rings. The number of hydrogen-bond donors (Lipinski definition) is 1. The van der Waals surface area contributed by atoms with Gasteiger partial charge in [-0.3, -0.25) is 4.90 Å². The molecule has 0 aromatic carbocycles. The van der Waals surface area contributed by atoms with Crippen LogP contribution >= 0.6 is 11.3 Å². The summed E-state index contributed by atoms with van der Waals surface area (Å²) in [5.74, 6) is 0. The van der Waals surface area contributed by atoms with Gasteiger partial charge >= 0.3 is 0 Å². The fourth-order valence-corrected chi connectivity index (χ4v) is 2.43. The fourth-order valence-electron chi connectivity index (χ4n) is 1.61. The molecule has 1 rings (SSSR count). The Labute approximate surface area is 96.5 Å². The van der Waals surface area contributed by atoms with Crippen molar-refractivity contribution >= 4 is 11.3 Å². The molecule has 0 aliphatic carbocycles. The van der Waals surface area contributed by atoms with E-state index in [1.54, 1.807) is 11.3 Å². The molecule has 0 fully saturated rings. The predicted molar refractivity (Wildman–Crippen MR) is 66.4 cm³/mol. The highest BCUT2D eigenvalue weighted by Crippen LogP contribution is 2.15. The van der Waals surface area contributed by atoms with Crippen LogP contribution in [0.25, 0.3) is 0 Å². The summed E-state index contributed by atoms with van der Waals surface area (Å²) in [7, 11) is 2.08. The number of likely N-dealkylation sites (N-methyl/N-ethyl adjacent to an activating group) is 1. The SMILES string of the molecule is CC(O)C(C)N(C)C(C)Cc1cccs1. The molecule has 1 heterocycles. The van der Waals surface area contributed by atoms with E-state index >= 15 is 0 Å². The van der Waals surface area contributed by atoms with Crippen molar-refractivity contribution in [3.63, 3.8) is 0 Å². The monoisotopic (exact) mass is 227 g/mol. The summed E-state index contributed by atoms with van der Waals surface area (Å²) in [6, 6.07) is 4.93. The molecular formula is C12H21NOS. The molecule has 0 saturated carbocycles. The maximum absolute atomic E-state index is 9.53. The van der Waals surface area contributed by atoms with E-state index in [9.17, 15) is 5.11 Å². The third-order valence-electron chi connectivity index (χ3n) is 3.11. The Morgan fingerprint density at radius 3 is 2.53 bits per heavy atom. The second-order valence-electron chi connectivity index (χ2n) is 4.28. The number of nitrogens with zero attached hydrogens (tertiary/aromatic N) is 1. The molecule has 0 saturated heterocycles. The first-order valence-corrected chi connectivity index (χ1v) is 6.32. The molecule has 86 valence electrons. The molecule has 0 aliphatic heterocycles. The lowest BCUT2D eigenvalue weighted by atomic mass is 10.1. The quantitative estimate of drug-likeness (QED) is 0.835. The molecule has 0 radical (unpaired) electrons. The van der Waals surface area contributed by atoms with Crippen molar-refractivity contribution in [1.29, 1.82) is 0 Å². The highest BCUT2D eigenvalue weighted by molar-refractivity contribution is 7.09. The van der Waals surface area contributed by atoms with Crippen LogP contribution in [0.15, 0.2) is 17.5 Å². The van der Waals surface area contributed by atoms with E-state index in [1.807, 2.05) is 6.92 Å². The van der Waals surface area contributed by atoms with Crippen molar-refractivity contribution in [3.05, 3.63) is 22.4 Å². The highest BCUT2D eigenvalue weighted by Gasteiger charge is 2.19. The van der Waals surface area contributed by atoms with E-state index < -0.39 is 0 Å². The summed E-state index contributed by atoms with van der Waals surface area (Å²) in [5, 5.41) is 11.6. The maximum atomic E-state index is 9.53. The Bertz CT molecular complexity index is 271. The van der Waals surface area contributed by atoms with Crippen LogP contribution in [0.3, 0.4) is 0 Å². The van der Waals surface area contributed by atoms with Crippen molar-refractivity contribution in [1.82, 2.24) is 4.90 Å². The lowest BCUT2D eigenvalue weighted by molar-refractivity contribution is 0.0659. The van der Waals surface area contributed by atoms with E-state index in [2.05, 4.69) is 43.3 Å². The van der Waals surface area contributed by atoms with E-state index in [-0.39, 0.29) is 12.1 Å². The minimum atomic E-state index is -0.277. The van der Waals surface area contributed by atoms with Crippen molar-refractivity contribution in [3.8, 4) is 0 Å². The first-order chi connectivity index (χ1) is 7.02. The summed E-state index contributed by atoms with van der Waals surface area (Å²) in [5.41, 5.74) is 0. The third-order valence-corrected chi connectivity index (χ3v) is 4.01. The maximum Gasteiger partial charge on any atom is 0.0664 e. The number of aliphatic hydroxyl groups is 1.